The Balaban J connectivity index is 1.73. The summed E-state index contributed by atoms with van der Waals surface area (Å²) in [7, 11) is 1.92. The van der Waals surface area contributed by atoms with E-state index < -0.39 is 0 Å². The average molecular weight is 365 g/mol. The van der Waals surface area contributed by atoms with Gasteiger partial charge in [-0.1, -0.05) is 42.7 Å². The molecule has 2 heterocycles. The maximum absolute atomic E-state index is 9.59. The molecule has 1 aliphatic carbocycles. The zero-order chi connectivity index (χ0) is 18.8. The van der Waals surface area contributed by atoms with Crippen LogP contribution in [0.4, 0.5) is 5.82 Å². The molecule has 142 valence electrons. The van der Waals surface area contributed by atoms with Crippen LogP contribution in [0.1, 0.15) is 61.0 Å². The highest BCUT2D eigenvalue weighted by Crippen LogP contribution is 2.35. The Bertz CT molecular complexity index is 912. The fourth-order valence-corrected chi connectivity index (χ4v) is 3.93. The van der Waals surface area contributed by atoms with Crippen LogP contribution in [0, 0.1) is 6.92 Å². The van der Waals surface area contributed by atoms with E-state index >= 15 is 0 Å². The quantitative estimate of drug-likeness (QED) is 0.694. The first-order valence-electron chi connectivity index (χ1n) is 9.79. The molecule has 0 unspecified atom stereocenters. The predicted octanol–water partition coefficient (Wildman–Crippen LogP) is 3.86. The molecule has 6 heteroatoms. The first-order valence-corrected chi connectivity index (χ1v) is 9.79. The minimum Gasteiger partial charge on any atom is -0.396 e. The largest absolute Gasteiger partial charge is 0.396 e. The molecule has 0 spiro atoms. The monoisotopic (exact) mass is 365 g/mol. The van der Waals surface area contributed by atoms with Crippen LogP contribution in [-0.4, -0.2) is 31.5 Å². The molecule has 0 saturated heterocycles. The van der Waals surface area contributed by atoms with Gasteiger partial charge in [0.15, 0.2) is 5.65 Å². The average Bonchev–Trinajstić information content (AvgIpc) is 3.33. The van der Waals surface area contributed by atoms with Crippen LogP contribution >= 0.6 is 0 Å². The van der Waals surface area contributed by atoms with Crippen LogP contribution in [-0.2, 0) is 7.05 Å². The smallest absolute Gasteiger partial charge is 0.163 e. The molecule has 1 atom stereocenters. The summed E-state index contributed by atoms with van der Waals surface area (Å²) in [4.78, 5) is 9.72. The molecule has 1 fully saturated rings. The summed E-state index contributed by atoms with van der Waals surface area (Å²) in [6, 6.07) is 8.42. The molecule has 3 aromatic rings. The van der Waals surface area contributed by atoms with Crippen LogP contribution < -0.4 is 5.32 Å². The molecule has 2 N–H and O–H groups in total. The van der Waals surface area contributed by atoms with Crippen molar-refractivity contribution >= 4 is 16.9 Å². The van der Waals surface area contributed by atoms with E-state index in [9.17, 15) is 5.11 Å². The van der Waals surface area contributed by atoms with Crippen molar-refractivity contribution in [1.82, 2.24) is 19.7 Å². The highest BCUT2D eigenvalue weighted by Gasteiger charge is 2.23. The van der Waals surface area contributed by atoms with Crippen molar-refractivity contribution in [3.05, 3.63) is 47.4 Å². The predicted molar refractivity (Wildman–Crippen MR) is 107 cm³/mol. The van der Waals surface area contributed by atoms with Gasteiger partial charge < -0.3 is 10.4 Å². The maximum Gasteiger partial charge on any atom is 0.163 e. The fraction of sp³-hybridized carbons (Fsp3) is 0.476. The van der Waals surface area contributed by atoms with Crippen molar-refractivity contribution < 1.29 is 5.11 Å². The number of aliphatic hydroxyl groups is 1. The number of rotatable bonds is 6. The molecule has 1 aromatic carbocycles. The van der Waals surface area contributed by atoms with Crippen LogP contribution in [0.2, 0.25) is 0 Å². The molecule has 0 aliphatic heterocycles. The van der Waals surface area contributed by atoms with Crippen molar-refractivity contribution in [2.24, 2.45) is 7.05 Å². The van der Waals surface area contributed by atoms with Crippen molar-refractivity contribution in [3.63, 3.8) is 0 Å². The SMILES string of the molecule is Cc1ccc([C@@H](CCO)Nc2nc(C3CCCC3)nc3c2cnn3C)cc1. The second-order valence-electron chi connectivity index (χ2n) is 7.54. The number of hydrogen-bond donors (Lipinski definition) is 2. The molecular formula is C21H27N5O. The molecule has 2 aromatic heterocycles. The first-order chi connectivity index (χ1) is 13.2. The summed E-state index contributed by atoms with van der Waals surface area (Å²) >= 11 is 0. The fourth-order valence-electron chi connectivity index (χ4n) is 3.93. The summed E-state index contributed by atoms with van der Waals surface area (Å²) in [5.74, 6) is 2.16. The summed E-state index contributed by atoms with van der Waals surface area (Å²) < 4.78 is 1.81. The Morgan fingerprint density at radius 2 is 1.93 bits per heavy atom. The van der Waals surface area contributed by atoms with Gasteiger partial charge in [-0.2, -0.15) is 5.10 Å². The second kappa shape index (κ2) is 7.64. The molecule has 27 heavy (non-hydrogen) atoms. The van der Waals surface area contributed by atoms with Crippen LogP contribution in [0.25, 0.3) is 11.0 Å². The standard InChI is InChI=1S/C21H27N5O/c1-14-7-9-15(10-8-14)18(11-12-27)23-20-17-13-22-26(2)21(17)25-19(24-20)16-5-3-4-6-16/h7-10,13,16,18,27H,3-6,11-12H2,1-2H3,(H,23,24,25)/t18-/m1/s1. The lowest BCUT2D eigenvalue weighted by molar-refractivity contribution is 0.280. The number of aryl methyl sites for hydroxylation is 2. The lowest BCUT2D eigenvalue weighted by Gasteiger charge is -2.20. The van der Waals surface area contributed by atoms with E-state index in [0.717, 1.165) is 41.1 Å². The zero-order valence-corrected chi connectivity index (χ0v) is 16.0. The van der Waals surface area contributed by atoms with Gasteiger partial charge in [0, 0.05) is 19.6 Å². The van der Waals surface area contributed by atoms with E-state index in [1.807, 2.05) is 17.9 Å². The van der Waals surface area contributed by atoms with Crippen LogP contribution in [0.15, 0.2) is 30.5 Å². The van der Waals surface area contributed by atoms with Crippen molar-refractivity contribution in [3.8, 4) is 0 Å². The lowest BCUT2D eigenvalue weighted by atomic mass is 10.0. The van der Waals surface area contributed by atoms with Gasteiger partial charge in [0.2, 0.25) is 0 Å². The topological polar surface area (TPSA) is 75.9 Å². The number of hydrogen-bond acceptors (Lipinski definition) is 5. The number of nitrogens with zero attached hydrogens (tertiary/aromatic N) is 4. The number of aromatic nitrogens is 4. The maximum atomic E-state index is 9.59. The first kappa shape index (κ1) is 17.9. The highest BCUT2D eigenvalue weighted by molar-refractivity contribution is 5.86. The van der Waals surface area contributed by atoms with Gasteiger partial charge in [0.05, 0.1) is 17.6 Å². The lowest BCUT2D eigenvalue weighted by Crippen LogP contribution is -2.15. The van der Waals surface area contributed by atoms with E-state index in [2.05, 4.69) is 41.6 Å². The van der Waals surface area contributed by atoms with Gasteiger partial charge in [-0.25, -0.2) is 9.97 Å². The Hall–Kier alpha value is -2.47. The van der Waals surface area contributed by atoms with Gasteiger partial charge in [-0.05, 0) is 31.7 Å². The second-order valence-corrected chi connectivity index (χ2v) is 7.54. The van der Waals surface area contributed by atoms with Crippen molar-refractivity contribution in [2.75, 3.05) is 11.9 Å². The molecule has 0 amide bonds. The summed E-state index contributed by atoms with van der Waals surface area (Å²) in [5.41, 5.74) is 3.23. The summed E-state index contributed by atoms with van der Waals surface area (Å²) in [6.07, 6.45) is 7.24. The third-order valence-electron chi connectivity index (χ3n) is 5.54. The molecule has 6 nitrogen and oxygen atoms in total. The Kier molecular flexibility index (Phi) is 5.07. The highest BCUT2D eigenvalue weighted by atomic mass is 16.3. The minimum atomic E-state index is -0.00895. The Labute approximate surface area is 159 Å². The molecule has 0 radical (unpaired) electrons. The number of nitrogens with one attached hydrogen (secondary N) is 1. The zero-order valence-electron chi connectivity index (χ0n) is 16.0. The number of anilines is 1. The number of aliphatic hydroxyl groups excluding tert-OH is 1. The molecule has 1 saturated carbocycles. The molecule has 1 aliphatic rings. The van der Waals surface area contributed by atoms with E-state index in [1.165, 1.54) is 18.4 Å². The Morgan fingerprint density at radius 3 is 2.63 bits per heavy atom. The number of fused-ring (bicyclic) bond motifs is 1. The van der Waals surface area contributed by atoms with E-state index in [-0.39, 0.29) is 12.6 Å². The molecule has 0 bridgehead atoms. The van der Waals surface area contributed by atoms with Gasteiger partial charge >= 0.3 is 0 Å². The van der Waals surface area contributed by atoms with Crippen LogP contribution in [0.5, 0.6) is 0 Å². The third-order valence-corrected chi connectivity index (χ3v) is 5.54. The van der Waals surface area contributed by atoms with Crippen molar-refractivity contribution in [2.45, 2.75) is 51.0 Å². The minimum absolute atomic E-state index is 0.00895. The van der Waals surface area contributed by atoms with E-state index in [4.69, 9.17) is 9.97 Å². The van der Waals surface area contributed by atoms with Gasteiger partial charge in [-0.3, -0.25) is 4.68 Å². The van der Waals surface area contributed by atoms with Crippen molar-refractivity contribution in [1.29, 1.82) is 0 Å². The van der Waals surface area contributed by atoms with Gasteiger partial charge in [0.1, 0.15) is 11.6 Å². The third kappa shape index (κ3) is 3.67. The normalized spacial score (nSPS) is 16.1. The van der Waals surface area contributed by atoms with Crippen LogP contribution in [0.3, 0.4) is 0 Å². The Morgan fingerprint density at radius 1 is 1.19 bits per heavy atom. The molecular weight excluding hydrogens is 338 g/mol. The summed E-state index contributed by atoms with van der Waals surface area (Å²) in [6.45, 7) is 2.19. The number of benzene rings is 1. The molecule has 4 rings (SSSR count). The van der Waals surface area contributed by atoms with E-state index in [1.54, 1.807) is 0 Å². The van der Waals surface area contributed by atoms with Gasteiger partial charge in [-0.15, -0.1) is 0 Å². The van der Waals surface area contributed by atoms with E-state index in [0.29, 0.717) is 12.3 Å². The van der Waals surface area contributed by atoms with Gasteiger partial charge in [0.25, 0.3) is 0 Å². The summed E-state index contributed by atoms with van der Waals surface area (Å²) in [5, 5.41) is 18.5.